The van der Waals surface area contributed by atoms with Gasteiger partial charge in [0.1, 0.15) is 18.1 Å². The fourth-order valence-electron chi connectivity index (χ4n) is 2.00. The molecule has 5 nitrogen and oxygen atoms in total. The van der Waals surface area contributed by atoms with Crippen molar-refractivity contribution < 1.29 is 17.9 Å². The van der Waals surface area contributed by atoms with E-state index in [1.54, 1.807) is 19.2 Å². The summed E-state index contributed by atoms with van der Waals surface area (Å²) in [6, 6.07) is 16.7. The molecule has 0 atom stereocenters. The minimum Gasteiger partial charge on any atom is -0.497 e. The lowest BCUT2D eigenvalue weighted by Crippen LogP contribution is -2.30. The fraction of sp³-hybridized carbons (Fsp3) is 0.294. The van der Waals surface area contributed by atoms with Crippen LogP contribution in [0.25, 0.3) is 0 Å². The first-order valence-corrected chi connectivity index (χ1v) is 9.02. The Bertz CT molecular complexity index is 684. The molecular formula is C17H21NO4S. The Kier molecular flexibility index (Phi) is 6.43. The second-order valence-electron chi connectivity index (χ2n) is 4.97. The van der Waals surface area contributed by atoms with E-state index in [1.807, 2.05) is 42.5 Å². The quantitative estimate of drug-likeness (QED) is 0.763. The molecule has 2 aromatic carbocycles. The maximum Gasteiger partial charge on any atom is 0.214 e. The Labute approximate surface area is 137 Å². The highest BCUT2D eigenvalue weighted by Crippen LogP contribution is 2.11. The molecular weight excluding hydrogens is 314 g/mol. The monoisotopic (exact) mass is 335 g/mol. The molecule has 23 heavy (non-hydrogen) atoms. The van der Waals surface area contributed by atoms with Crippen molar-refractivity contribution >= 4 is 10.0 Å². The number of sulfonamides is 1. The standard InChI is InChI=1S/C17H21NO4S/c1-21-16-9-7-15(8-10-16)11-12-18-23(19,20)14-13-22-17-5-3-2-4-6-17/h2-10,18H,11-14H2,1H3. The molecule has 0 aliphatic carbocycles. The molecule has 0 radical (unpaired) electrons. The summed E-state index contributed by atoms with van der Waals surface area (Å²) < 4.78 is 36.9. The topological polar surface area (TPSA) is 64.6 Å². The van der Waals surface area contributed by atoms with Gasteiger partial charge in [-0.1, -0.05) is 30.3 Å². The molecule has 1 N–H and O–H groups in total. The SMILES string of the molecule is COc1ccc(CCNS(=O)(=O)CCOc2ccccc2)cc1. The van der Waals surface area contributed by atoms with Crippen LogP contribution in [-0.2, 0) is 16.4 Å². The molecule has 0 aromatic heterocycles. The maximum absolute atomic E-state index is 11.9. The van der Waals surface area contributed by atoms with Gasteiger partial charge in [-0.3, -0.25) is 0 Å². The van der Waals surface area contributed by atoms with Crippen LogP contribution in [-0.4, -0.2) is 34.4 Å². The van der Waals surface area contributed by atoms with Gasteiger partial charge in [0.05, 0.1) is 12.9 Å². The van der Waals surface area contributed by atoms with Crippen LogP contribution in [0.5, 0.6) is 11.5 Å². The van der Waals surface area contributed by atoms with Crippen molar-refractivity contribution in [2.24, 2.45) is 0 Å². The Balaban J connectivity index is 1.71. The average Bonchev–Trinajstić information content (AvgIpc) is 2.56. The number of ether oxygens (including phenoxy) is 2. The first-order chi connectivity index (χ1) is 11.1. The van der Waals surface area contributed by atoms with E-state index in [4.69, 9.17) is 9.47 Å². The van der Waals surface area contributed by atoms with Crippen LogP contribution < -0.4 is 14.2 Å². The summed E-state index contributed by atoms with van der Waals surface area (Å²) in [5, 5.41) is 0. The zero-order valence-corrected chi connectivity index (χ0v) is 13.9. The largest absolute Gasteiger partial charge is 0.497 e. The van der Waals surface area contributed by atoms with Gasteiger partial charge in [-0.05, 0) is 36.2 Å². The smallest absolute Gasteiger partial charge is 0.214 e. The highest BCUT2D eigenvalue weighted by molar-refractivity contribution is 7.89. The van der Waals surface area contributed by atoms with Gasteiger partial charge in [0.25, 0.3) is 0 Å². The second kappa shape index (κ2) is 8.55. The molecule has 0 bridgehead atoms. The van der Waals surface area contributed by atoms with Gasteiger partial charge in [0.15, 0.2) is 0 Å². The Hall–Kier alpha value is -2.05. The molecule has 0 unspecified atom stereocenters. The average molecular weight is 335 g/mol. The number of nitrogens with one attached hydrogen (secondary N) is 1. The first-order valence-electron chi connectivity index (χ1n) is 7.37. The number of benzene rings is 2. The molecule has 0 aliphatic heterocycles. The molecule has 0 aliphatic rings. The normalized spacial score (nSPS) is 11.2. The van der Waals surface area contributed by atoms with Crippen molar-refractivity contribution in [1.29, 1.82) is 0 Å². The van der Waals surface area contributed by atoms with E-state index in [-0.39, 0.29) is 12.4 Å². The van der Waals surface area contributed by atoms with Crippen molar-refractivity contribution in [3.8, 4) is 11.5 Å². The van der Waals surface area contributed by atoms with E-state index >= 15 is 0 Å². The second-order valence-corrected chi connectivity index (χ2v) is 6.90. The molecule has 0 saturated carbocycles. The van der Waals surface area contributed by atoms with E-state index in [2.05, 4.69) is 4.72 Å². The number of rotatable bonds is 9. The molecule has 0 amide bonds. The third-order valence-corrected chi connectivity index (χ3v) is 4.61. The first kappa shape index (κ1) is 17.3. The van der Waals surface area contributed by atoms with Gasteiger partial charge in [-0.15, -0.1) is 0 Å². The van der Waals surface area contributed by atoms with E-state index < -0.39 is 10.0 Å². The lowest BCUT2D eigenvalue weighted by molar-refractivity contribution is 0.340. The number of hydrogen-bond donors (Lipinski definition) is 1. The lowest BCUT2D eigenvalue weighted by atomic mass is 10.1. The summed E-state index contributed by atoms with van der Waals surface area (Å²) in [7, 11) is -1.72. The van der Waals surface area contributed by atoms with E-state index in [0.29, 0.717) is 18.7 Å². The van der Waals surface area contributed by atoms with Gasteiger partial charge in [0.2, 0.25) is 10.0 Å². The van der Waals surface area contributed by atoms with E-state index in [0.717, 1.165) is 11.3 Å². The van der Waals surface area contributed by atoms with Crippen LogP contribution in [0.3, 0.4) is 0 Å². The summed E-state index contributed by atoms with van der Waals surface area (Å²) in [5.41, 5.74) is 1.05. The zero-order chi connectivity index (χ0) is 16.5. The van der Waals surface area contributed by atoms with Gasteiger partial charge >= 0.3 is 0 Å². The predicted octanol–water partition coefficient (Wildman–Crippen LogP) is 2.24. The van der Waals surface area contributed by atoms with Crippen LogP contribution in [0.2, 0.25) is 0 Å². The molecule has 2 aromatic rings. The van der Waals surface area contributed by atoms with E-state index in [9.17, 15) is 8.42 Å². The van der Waals surface area contributed by atoms with Crippen molar-refractivity contribution in [1.82, 2.24) is 4.72 Å². The minimum absolute atomic E-state index is 0.0650. The van der Waals surface area contributed by atoms with Crippen molar-refractivity contribution in [2.45, 2.75) is 6.42 Å². The molecule has 0 heterocycles. The molecule has 2 rings (SSSR count). The predicted molar refractivity (Wildman–Crippen MR) is 90.4 cm³/mol. The molecule has 0 spiro atoms. The van der Waals surface area contributed by atoms with Crippen LogP contribution in [0, 0.1) is 0 Å². The third-order valence-electron chi connectivity index (χ3n) is 3.26. The van der Waals surface area contributed by atoms with Crippen molar-refractivity contribution in [2.75, 3.05) is 26.0 Å². The van der Waals surface area contributed by atoms with Gasteiger partial charge in [-0.2, -0.15) is 0 Å². The summed E-state index contributed by atoms with van der Waals surface area (Å²) in [6.07, 6.45) is 0.628. The maximum atomic E-state index is 11.9. The van der Waals surface area contributed by atoms with E-state index in [1.165, 1.54) is 0 Å². The summed E-state index contributed by atoms with van der Waals surface area (Å²) in [4.78, 5) is 0. The Morgan fingerprint density at radius 3 is 2.30 bits per heavy atom. The van der Waals surface area contributed by atoms with Crippen LogP contribution in [0.1, 0.15) is 5.56 Å². The van der Waals surface area contributed by atoms with Crippen LogP contribution in [0.15, 0.2) is 54.6 Å². The molecule has 0 fully saturated rings. The van der Waals surface area contributed by atoms with Gasteiger partial charge < -0.3 is 9.47 Å². The minimum atomic E-state index is -3.33. The van der Waals surface area contributed by atoms with Crippen molar-refractivity contribution in [3.63, 3.8) is 0 Å². The van der Waals surface area contributed by atoms with Crippen LogP contribution in [0.4, 0.5) is 0 Å². The number of hydrogen-bond acceptors (Lipinski definition) is 4. The molecule has 6 heteroatoms. The zero-order valence-electron chi connectivity index (χ0n) is 13.1. The summed E-state index contributed by atoms with van der Waals surface area (Å²) in [6.45, 7) is 0.488. The van der Waals surface area contributed by atoms with Gasteiger partial charge in [0, 0.05) is 6.54 Å². The summed E-state index contributed by atoms with van der Waals surface area (Å²) >= 11 is 0. The molecule has 124 valence electrons. The van der Waals surface area contributed by atoms with Crippen LogP contribution >= 0.6 is 0 Å². The lowest BCUT2D eigenvalue weighted by Gasteiger charge is -2.09. The number of para-hydroxylation sites is 1. The highest BCUT2D eigenvalue weighted by Gasteiger charge is 2.10. The Morgan fingerprint density at radius 1 is 0.957 bits per heavy atom. The van der Waals surface area contributed by atoms with Crippen molar-refractivity contribution in [3.05, 3.63) is 60.2 Å². The summed E-state index contributed by atoms with van der Waals surface area (Å²) in [5.74, 6) is 1.39. The molecule has 0 saturated heterocycles. The fourth-order valence-corrected chi connectivity index (χ4v) is 2.86. The van der Waals surface area contributed by atoms with Gasteiger partial charge in [-0.25, -0.2) is 13.1 Å². The highest BCUT2D eigenvalue weighted by atomic mass is 32.2. The Morgan fingerprint density at radius 2 is 1.65 bits per heavy atom. The number of methoxy groups -OCH3 is 1. The third kappa shape index (κ3) is 6.30.